The van der Waals surface area contributed by atoms with Crippen LogP contribution in [-0.2, 0) is 11.2 Å². The van der Waals surface area contributed by atoms with Gasteiger partial charge in [-0.15, -0.1) is 0 Å². The molecule has 0 saturated heterocycles. The van der Waals surface area contributed by atoms with Crippen LogP contribution < -0.4 is 4.90 Å². The van der Waals surface area contributed by atoms with Crippen LogP contribution in [-0.4, -0.2) is 35.2 Å². The second-order valence-electron chi connectivity index (χ2n) is 7.35. The summed E-state index contributed by atoms with van der Waals surface area (Å²) in [7, 11) is 0. The molecule has 2 heterocycles. The zero-order valence-corrected chi connectivity index (χ0v) is 15.4. The number of carbonyl (C=O) groups excluding carboxylic acids is 3. The van der Waals surface area contributed by atoms with E-state index in [2.05, 4.69) is 0 Å². The van der Waals surface area contributed by atoms with Gasteiger partial charge in [0.15, 0.2) is 0 Å². The molecule has 0 radical (unpaired) electrons. The molecule has 28 heavy (non-hydrogen) atoms. The Morgan fingerprint density at radius 1 is 0.929 bits per heavy atom. The summed E-state index contributed by atoms with van der Waals surface area (Å²) in [4.78, 5) is 41.9. The zero-order valence-electron chi connectivity index (χ0n) is 15.4. The quantitative estimate of drug-likeness (QED) is 0.650. The van der Waals surface area contributed by atoms with Gasteiger partial charge in [-0.1, -0.05) is 42.5 Å². The van der Waals surface area contributed by atoms with E-state index in [1.54, 1.807) is 29.2 Å². The summed E-state index contributed by atoms with van der Waals surface area (Å²) in [6, 6.07) is 18.6. The van der Waals surface area contributed by atoms with Crippen LogP contribution in [0.2, 0.25) is 0 Å². The molecule has 1 atom stereocenters. The van der Waals surface area contributed by atoms with Crippen molar-refractivity contribution in [2.45, 2.75) is 19.4 Å². The summed E-state index contributed by atoms with van der Waals surface area (Å²) in [5, 5.41) is 1.52. The zero-order chi connectivity index (χ0) is 19.4. The van der Waals surface area contributed by atoms with Gasteiger partial charge in [0.2, 0.25) is 5.91 Å². The van der Waals surface area contributed by atoms with Gasteiger partial charge >= 0.3 is 0 Å². The first kappa shape index (κ1) is 16.7. The summed E-state index contributed by atoms with van der Waals surface area (Å²) in [6.07, 6.45) is 0.770. The van der Waals surface area contributed by atoms with Crippen molar-refractivity contribution in [2.24, 2.45) is 0 Å². The molecular weight excluding hydrogens is 352 g/mol. The Bertz CT molecular complexity index is 1120. The van der Waals surface area contributed by atoms with Crippen molar-refractivity contribution in [3.63, 3.8) is 0 Å². The molecule has 0 saturated carbocycles. The van der Waals surface area contributed by atoms with E-state index in [0.717, 1.165) is 28.0 Å². The number of benzene rings is 3. The Hall–Kier alpha value is -3.47. The maximum Gasteiger partial charge on any atom is 0.261 e. The first-order chi connectivity index (χ1) is 13.6. The predicted octanol–water partition coefficient (Wildman–Crippen LogP) is 3.41. The minimum Gasteiger partial charge on any atom is -0.307 e. The summed E-state index contributed by atoms with van der Waals surface area (Å²) >= 11 is 0. The highest BCUT2D eigenvalue weighted by Crippen LogP contribution is 2.33. The average molecular weight is 370 g/mol. The summed E-state index contributed by atoms with van der Waals surface area (Å²) in [5.74, 6) is -1.07. The number of imide groups is 1. The van der Waals surface area contributed by atoms with E-state index in [9.17, 15) is 14.4 Å². The van der Waals surface area contributed by atoms with E-state index in [1.807, 2.05) is 43.3 Å². The third-order valence-electron chi connectivity index (χ3n) is 5.63. The number of amides is 3. The summed E-state index contributed by atoms with van der Waals surface area (Å²) < 4.78 is 0. The van der Waals surface area contributed by atoms with Gasteiger partial charge in [-0.2, -0.15) is 0 Å². The molecule has 5 heteroatoms. The van der Waals surface area contributed by atoms with Crippen LogP contribution in [0.5, 0.6) is 0 Å². The first-order valence-electron chi connectivity index (χ1n) is 9.34. The van der Waals surface area contributed by atoms with Gasteiger partial charge in [0.1, 0.15) is 6.54 Å². The van der Waals surface area contributed by atoms with Gasteiger partial charge in [-0.3, -0.25) is 19.3 Å². The third-order valence-corrected chi connectivity index (χ3v) is 5.63. The molecule has 0 N–H and O–H groups in total. The summed E-state index contributed by atoms with van der Waals surface area (Å²) in [6.45, 7) is 1.72. The molecule has 1 unspecified atom stereocenters. The van der Waals surface area contributed by atoms with Crippen LogP contribution in [0.15, 0.2) is 60.7 Å². The van der Waals surface area contributed by atoms with Crippen LogP contribution in [0.3, 0.4) is 0 Å². The molecule has 3 aromatic rings. The average Bonchev–Trinajstić information content (AvgIpc) is 3.05. The van der Waals surface area contributed by atoms with Gasteiger partial charge in [-0.25, -0.2) is 0 Å². The number of rotatable bonds is 2. The van der Waals surface area contributed by atoms with Crippen LogP contribution in [0, 0.1) is 0 Å². The minimum atomic E-state index is -0.414. The highest BCUT2D eigenvalue weighted by atomic mass is 16.2. The van der Waals surface area contributed by atoms with Crippen LogP contribution in [0.25, 0.3) is 10.8 Å². The highest BCUT2D eigenvalue weighted by molar-refractivity contribution is 6.26. The molecule has 0 aliphatic carbocycles. The standard InChI is InChI=1S/C23H18N2O3/c1-14-12-16-6-2-3-11-19(16)25(14)20(26)13-24-22(27)17-9-4-7-15-8-5-10-18(21(15)17)23(24)28/h2-11,14H,12-13H2,1H3. The number of anilines is 1. The van der Waals surface area contributed by atoms with Crippen LogP contribution in [0.4, 0.5) is 5.69 Å². The van der Waals surface area contributed by atoms with Crippen molar-refractivity contribution in [1.29, 1.82) is 0 Å². The molecule has 3 amide bonds. The van der Waals surface area contributed by atoms with Crippen molar-refractivity contribution in [2.75, 3.05) is 11.4 Å². The van der Waals surface area contributed by atoms with E-state index in [1.165, 1.54) is 0 Å². The maximum atomic E-state index is 13.1. The maximum absolute atomic E-state index is 13.1. The topological polar surface area (TPSA) is 57.7 Å². The molecule has 138 valence electrons. The van der Waals surface area contributed by atoms with Crippen LogP contribution >= 0.6 is 0 Å². The molecule has 5 nitrogen and oxygen atoms in total. The van der Waals surface area contributed by atoms with Gasteiger partial charge in [0, 0.05) is 28.2 Å². The molecule has 2 aliphatic heterocycles. The third kappa shape index (κ3) is 2.29. The van der Waals surface area contributed by atoms with E-state index in [4.69, 9.17) is 0 Å². The highest BCUT2D eigenvalue weighted by Gasteiger charge is 2.37. The number of carbonyl (C=O) groups is 3. The number of hydrogen-bond acceptors (Lipinski definition) is 3. The normalized spacial score (nSPS) is 18.0. The van der Waals surface area contributed by atoms with E-state index in [-0.39, 0.29) is 18.5 Å². The lowest BCUT2D eigenvalue weighted by atomic mass is 9.94. The number of fused-ring (bicyclic) bond motifs is 1. The molecule has 0 bridgehead atoms. The number of hydrogen-bond donors (Lipinski definition) is 0. The SMILES string of the molecule is CC1Cc2ccccc2N1C(=O)CN1C(=O)c2cccc3cccc(c23)C1=O. The Kier molecular flexibility index (Phi) is 3.59. The predicted molar refractivity (Wildman–Crippen MR) is 106 cm³/mol. The summed E-state index contributed by atoms with van der Waals surface area (Å²) in [5.41, 5.74) is 2.90. The Balaban J connectivity index is 1.51. The Morgan fingerprint density at radius 3 is 2.25 bits per heavy atom. The van der Waals surface area contributed by atoms with Crippen molar-refractivity contribution in [3.05, 3.63) is 77.4 Å². The van der Waals surface area contributed by atoms with Crippen LogP contribution in [0.1, 0.15) is 33.2 Å². The Labute approximate surface area is 162 Å². The second-order valence-corrected chi connectivity index (χ2v) is 7.35. The fourth-order valence-electron chi connectivity index (χ4n) is 4.38. The monoisotopic (exact) mass is 370 g/mol. The van der Waals surface area contributed by atoms with E-state index in [0.29, 0.717) is 16.5 Å². The molecule has 0 spiro atoms. The lowest BCUT2D eigenvalue weighted by Gasteiger charge is -2.30. The molecular formula is C23H18N2O3. The molecule has 0 aromatic heterocycles. The molecule has 2 aliphatic rings. The largest absolute Gasteiger partial charge is 0.307 e. The fraction of sp³-hybridized carbons (Fsp3) is 0.174. The smallest absolute Gasteiger partial charge is 0.261 e. The second kappa shape index (κ2) is 6.02. The Morgan fingerprint density at radius 2 is 1.57 bits per heavy atom. The van der Waals surface area contributed by atoms with Crippen molar-refractivity contribution in [1.82, 2.24) is 4.90 Å². The lowest BCUT2D eigenvalue weighted by molar-refractivity contribution is -0.119. The van der Waals surface area contributed by atoms with Crippen molar-refractivity contribution >= 4 is 34.2 Å². The number of para-hydroxylation sites is 1. The molecule has 0 fully saturated rings. The van der Waals surface area contributed by atoms with Gasteiger partial charge in [0.05, 0.1) is 0 Å². The van der Waals surface area contributed by atoms with Gasteiger partial charge < -0.3 is 4.90 Å². The van der Waals surface area contributed by atoms with E-state index < -0.39 is 11.8 Å². The van der Waals surface area contributed by atoms with Gasteiger partial charge in [0.25, 0.3) is 11.8 Å². The fourth-order valence-corrected chi connectivity index (χ4v) is 4.38. The first-order valence-corrected chi connectivity index (χ1v) is 9.34. The molecule has 5 rings (SSSR count). The van der Waals surface area contributed by atoms with E-state index >= 15 is 0 Å². The van der Waals surface area contributed by atoms with Gasteiger partial charge in [-0.05, 0) is 42.5 Å². The van der Waals surface area contributed by atoms with Crippen molar-refractivity contribution in [3.8, 4) is 0 Å². The van der Waals surface area contributed by atoms with Crippen molar-refractivity contribution < 1.29 is 14.4 Å². The number of nitrogens with zero attached hydrogens (tertiary/aromatic N) is 2. The minimum absolute atomic E-state index is 0.00406. The molecule has 3 aromatic carbocycles. The lowest BCUT2D eigenvalue weighted by Crippen LogP contribution is -2.48.